The normalized spacial score (nSPS) is 10.3. The van der Waals surface area contributed by atoms with Crippen LogP contribution in [0.5, 0.6) is 0 Å². The van der Waals surface area contributed by atoms with Crippen molar-refractivity contribution in [2.24, 2.45) is 0 Å². The summed E-state index contributed by atoms with van der Waals surface area (Å²) >= 11 is 0. The molecule has 0 amide bonds. The van der Waals surface area contributed by atoms with Crippen LogP contribution in [0.3, 0.4) is 0 Å². The zero-order valence-electron chi connectivity index (χ0n) is 10.3. The summed E-state index contributed by atoms with van der Waals surface area (Å²) in [5.41, 5.74) is 1.05. The molecule has 0 unspecified atom stereocenters. The summed E-state index contributed by atoms with van der Waals surface area (Å²) in [6.07, 6.45) is 0. The Labute approximate surface area is 102 Å². The Morgan fingerprint density at radius 2 is 2.06 bits per heavy atom. The van der Waals surface area contributed by atoms with Crippen LogP contribution in [0.4, 0.5) is 10.1 Å². The van der Waals surface area contributed by atoms with Crippen LogP contribution >= 0.6 is 0 Å². The average Bonchev–Trinajstić information content (AvgIpc) is 2.36. The van der Waals surface area contributed by atoms with Gasteiger partial charge >= 0.3 is 0 Å². The van der Waals surface area contributed by atoms with E-state index in [1.165, 1.54) is 12.1 Å². The maximum atomic E-state index is 12.9. The zero-order chi connectivity index (χ0) is 12.7. The molecule has 0 fully saturated rings. The molecule has 0 aliphatic heterocycles. The molecule has 0 radical (unpaired) electrons. The summed E-state index contributed by atoms with van der Waals surface area (Å²) in [6, 6.07) is 6.21. The number of likely N-dealkylation sites (N-methyl/N-ethyl adjacent to an activating group) is 1. The lowest BCUT2D eigenvalue weighted by atomic mass is 10.2. The van der Waals surface area contributed by atoms with E-state index in [1.807, 2.05) is 6.07 Å². The van der Waals surface area contributed by atoms with E-state index in [2.05, 4.69) is 24.1 Å². The molecular formula is C13H18FN3. The number of hydrogen-bond acceptors (Lipinski definition) is 3. The van der Waals surface area contributed by atoms with Gasteiger partial charge in [0.05, 0.1) is 11.3 Å². The third-order valence-corrected chi connectivity index (χ3v) is 2.74. The van der Waals surface area contributed by atoms with Crippen molar-refractivity contribution in [2.45, 2.75) is 13.8 Å². The Morgan fingerprint density at radius 3 is 2.65 bits per heavy atom. The van der Waals surface area contributed by atoms with Crippen molar-refractivity contribution in [1.82, 2.24) is 4.90 Å². The highest BCUT2D eigenvalue weighted by Crippen LogP contribution is 2.15. The molecule has 0 saturated carbocycles. The molecule has 17 heavy (non-hydrogen) atoms. The quantitative estimate of drug-likeness (QED) is 0.823. The highest BCUT2D eigenvalue weighted by Gasteiger charge is 2.04. The zero-order valence-corrected chi connectivity index (χ0v) is 10.3. The highest BCUT2D eigenvalue weighted by atomic mass is 19.1. The SMILES string of the molecule is CCN(CC)CCNc1ccc(F)cc1C#N. The summed E-state index contributed by atoms with van der Waals surface area (Å²) in [4.78, 5) is 2.28. The molecule has 0 heterocycles. The molecule has 1 aromatic rings. The van der Waals surface area contributed by atoms with E-state index in [4.69, 9.17) is 5.26 Å². The van der Waals surface area contributed by atoms with Crippen molar-refractivity contribution >= 4 is 5.69 Å². The predicted molar refractivity (Wildman–Crippen MR) is 67.4 cm³/mol. The van der Waals surface area contributed by atoms with Crippen LogP contribution in [0.2, 0.25) is 0 Å². The maximum absolute atomic E-state index is 12.9. The lowest BCUT2D eigenvalue weighted by molar-refractivity contribution is 0.316. The minimum atomic E-state index is -0.379. The van der Waals surface area contributed by atoms with Crippen LogP contribution in [0.15, 0.2) is 18.2 Å². The fourth-order valence-corrected chi connectivity index (χ4v) is 1.65. The van der Waals surface area contributed by atoms with Gasteiger partial charge in [-0.2, -0.15) is 5.26 Å². The molecule has 0 aliphatic carbocycles. The van der Waals surface area contributed by atoms with Gasteiger partial charge in [-0.3, -0.25) is 0 Å². The second kappa shape index (κ2) is 6.87. The van der Waals surface area contributed by atoms with Gasteiger partial charge in [-0.25, -0.2) is 4.39 Å². The third kappa shape index (κ3) is 4.04. The monoisotopic (exact) mass is 235 g/mol. The van der Waals surface area contributed by atoms with Crippen LogP contribution < -0.4 is 5.32 Å². The number of benzene rings is 1. The molecule has 1 rings (SSSR count). The molecule has 92 valence electrons. The van der Waals surface area contributed by atoms with Crippen LogP contribution in [-0.4, -0.2) is 31.1 Å². The number of anilines is 1. The molecule has 0 bridgehead atoms. The molecule has 1 N–H and O–H groups in total. The molecule has 0 atom stereocenters. The van der Waals surface area contributed by atoms with Crippen LogP contribution in [0.25, 0.3) is 0 Å². The lowest BCUT2D eigenvalue weighted by Crippen LogP contribution is -2.28. The first-order valence-corrected chi connectivity index (χ1v) is 5.87. The first kappa shape index (κ1) is 13.5. The fraction of sp³-hybridized carbons (Fsp3) is 0.462. The third-order valence-electron chi connectivity index (χ3n) is 2.74. The van der Waals surface area contributed by atoms with E-state index in [0.29, 0.717) is 11.3 Å². The number of nitrogens with zero attached hydrogens (tertiary/aromatic N) is 2. The van der Waals surface area contributed by atoms with Crippen LogP contribution in [0, 0.1) is 17.1 Å². The summed E-state index contributed by atoms with van der Waals surface area (Å²) in [5, 5.41) is 12.0. The Hall–Kier alpha value is -1.60. The maximum Gasteiger partial charge on any atom is 0.124 e. The van der Waals surface area contributed by atoms with Crippen molar-refractivity contribution in [3.8, 4) is 6.07 Å². The second-order valence-electron chi connectivity index (χ2n) is 3.76. The van der Waals surface area contributed by atoms with Crippen molar-refractivity contribution in [3.05, 3.63) is 29.6 Å². The van der Waals surface area contributed by atoms with Gasteiger partial charge in [0.25, 0.3) is 0 Å². The summed E-state index contributed by atoms with van der Waals surface area (Å²) < 4.78 is 12.9. The number of nitriles is 1. The standard InChI is InChI=1S/C13H18FN3/c1-3-17(4-2)8-7-16-13-6-5-12(14)9-11(13)10-15/h5-6,9,16H,3-4,7-8H2,1-2H3. The van der Waals surface area contributed by atoms with Crippen molar-refractivity contribution in [1.29, 1.82) is 5.26 Å². The van der Waals surface area contributed by atoms with Crippen molar-refractivity contribution < 1.29 is 4.39 Å². The molecule has 0 saturated heterocycles. The molecule has 3 nitrogen and oxygen atoms in total. The summed E-state index contributed by atoms with van der Waals surface area (Å²) in [6.45, 7) is 7.90. The van der Waals surface area contributed by atoms with Gasteiger partial charge in [0.2, 0.25) is 0 Å². The minimum absolute atomic E-state index is 0.351. The van der Waals surface area contributed by atoms with Crippen molar-refractivity contribution in [2.75, 3.05) is 31.5 Å². The molecule has 0 spiro atoms. The number of rotatable bonds is 6. The molecule has 4 heteroatoms. The number of nitrogens with one attached hydrogen (secondary N) is 1. The first-order valence-electron chi connectivity index (χ1n) is 5.87. The van der Waals surface area contributed by atoms with E-state index >= 15 is 0 Å². The molecule has 0 aromatic heterocycles. The summed E-state index contributed by atoms with van der Waals surface area (Å²) in [7, 11) is 0. The molecular weight excluding hydrogens is 217 g/mol. The lowest BCUT2D eigenvalue weighted by Gasteiger charge is -2.18. The second-order valence-corrected chi connectivity index (χ2v) is 3.76. The van der Waals surface area contributed by atoms with E-state index < -0.39 is 0 Å². The van der Waals surface area contributed by atoms with Gasteiger partial charge in [0.1, 0.15) is 11.9 Å². The average molecular weight is 235 g/mol. The van der Waals surface area contributed by atoms with Gasteiger partial charge in [-0.05, 0) is 31.3 Å². The smallest absolute Gasteiger partial charge is 0.124 e. The Balaban J connectivity index is 2.55. The van der Waals surface area contributed by atoms with Gasteiger partial charge in [0, 0.05) is 13.1 Å². The van der Waals surface area contributed by atoms with Gasteiger partial charge in [-0.1, -0.05) is 13.8 Å². The van der Waals surface area contributed by atoms with Crippen molar-refractivity contribution in [3.63, 3.8) is 0 Å². The van der Waals surface area contributed by atoms with Crippen LogP contribution in [0.1, 0.15) is 19.4 Å². The van der Waals surface area contributed by atoms with Crippen LogP contribution in [-0.2, 0) is 0 Å². The fourth-order valence-electron chi connectivity index (χ4n) is 1.65. The van der Waals surface area contributed by atoms with Gasteiger partial charge in [0.15, 0.2) is 0 Å². The number of halogens is 1. The van der Waals surface area contributed by atoms with E-state index in [9.17, 15) is 4.39 Å². The summed E-state index contributed by atoms with van der Waals surface area (Å²) in [5.74, 6) is -0.379. The largest absolute Gasteiger partial charge is 0.383 e. The predicted octanol–water partition coefficient (Wildman–Crippen LogP) is 2.45. The highest BCUT2D eigenvalue weighted by molar-refractivity contribution is 5.57. The van der Waals surface area contributed by atoms with E-state index in [1.54, 1.807) is 6.07 Å². The molecule has 1 aromatic carbocycles. The van der Waals surface area contributed by atoms with Gasteiger partial charge in [-0.15, -0.1) is 0 Å². The van der Waals surface area contributed by atoms with E-state index in [-0.39, 0.29) is 5.82 Å². The Morgan fingerprint density at radius 1 is 1.35 bits per heavy atom. The molecule has 0 aliphatic rings. The van der Waals surface area contributed by atoms with Gasteiger partial charge < -0.3 is 10.2 Å². The number of hydrogen-bond donors (Lipinski definition) is 1. The topological polar surface area (TPSA) is 39.1 Å². The first-order chi connectivity index (χ1) is 8.21. The Kier molecular flexibility index (Phi) is 5.44. The Bertz CT molecular complexity index is 394. The minimum Gasteiger partial charge on any atom is -0.383 e. The van der Waals surface area contributed by atoms with E-state index in [0.717, 1.165) is 26.2 Å².